The van der Waals surface area contributed by atoms with E-state index < -0.39 is 0 Å². The second-order valence-electron chi connectivity index (χ2n) is 6.42. The molecule has 4 rings (SSSR count). The zero-order valence-corrected chi connectivity index (χ0v) is 16.0. The molecule has 1 aromatic heterocycles. The zero-order valence-electron chi connectivity index (χ0n) is 14.5. The summed E-state index contributed by atoms with van der Waals surface area (Å²) >= 11 is 12.0. The summed E-state index contributed by atoms with van der Waals surface area (Å²) in [6, 6.07) is 15.2. The van der Waals surface area contributed by atoms with E-state index in [0.717, 1.165) is 29.4 Å². The fourth-order valence-corrected chi connectivity index (χ4v) is 3.62. The van der Waals surface area contributed by atoms with E-state index in [2.05, 4.69) is 15.1 Å². The van der Waals surface area contributed by atoms with Crippen molar-refractivity contribution < 1.29 is 4.79 Å². The largest absolute Gasteiger partial charge is 0.368 e. The molecule has 0 unspecified atom stereocenters. The number of amides is 1. The predicted octanol–water partition coefficient (Wildman–Crippen LogP) is 4.35. The Morgan fingerprint density at radius 2 is 1.70 bits per heavy atom. The van der Waals surface area contributed by atoms with E-state index in [4.69, 9.17) is 23.2 Å². The molecule has 0 atom stereocenters. The normalized spacial score (nSPS) is 14.4. The molecule has 27 heavy (non-hydrogen) atoms. The first-order valence-corrected chi connectivity index (χ1v) is 9.46. The van der Waals surface area contributed by atoms with Crippen molar-refractivity contribution in [1.29, 1.82) is 0 Å². The van der Waals surface area contributed by atoms with Gasteiger partial charge in [-0.1, -0.05) is 35.3 Å². The van der Waals surface area contributed by atoms with Crippen LogP contribution < -0.4 is 4.90 Å². The maximum atomic E-state index is 13.0. The number of hydrogen-bond acceptors (Lipinski definition) is 3. The molecule has 138 valence electrons. The fourth-order valence-electron chi connectivity index (χ4n) is 3.30. The number of aromatic amines is 1. The van der Waals surface area contributed by atoms with Crippen LogP contribution in [0.25, 0.3) is 11.3 Å². The van der Waals surface area contributed by atoms with Gasteiger partial charge in [-0.3, -0.25) is 9.89 Å². The van der Waals surface area contributed by atoms with E-state index in [1.54, 1.807) is 12.3 Å². The monoisotopic (exact) mass is 400 g/mol. The van der Waals surface area contributed by atoms with Gasteiger partial charge in [0.2, 0.25) is 0 Å². The zero-order chi connectivity index (χ0) is 18.8. The van der Waals surface area contributed by atoms with Crippen molar-refractivity contribution >= 4 is 34.8 Å². The third-order valence-corrected chi connectivity index (χ3v) is 5.23. The first-order valence-electron chi connectivity index (χ1n) is 8.71. The van der Waals surface area contributed by atoms with Crippen LogP contribution >= 0.6 is 23.2 Å². The number of benzene rings is 2. The van der Waals surface area contributed by atoms with Gasteiger partial charge in [-0.25, -0.2) is 0 Å². The molecular weight excluding hydrogens is 383 g/mol. The Hall–Kier alpha value is -2.50. The van der Waals surface area contributed by atoms with E-state index in [-0.39, 0.29) is 5.91 Å². The average molecular weight is 401 g/mol. The highest BCUT2D eigenvalue weighted by Crippen LogP contribution is 2.26. The Labute approximate surface area is 167 Å². The maximum Gasteiger partial charge on any atom is 0.257 e. The smallest absolute Gasteiger partial charge is 0.257 e. The summed E-state index contributed by atoms with van der Waals surface area (Å²) in [4.78, 5) is 17.1. The number of anilines is 1. The minimum atomic E-state index is -0.0190. The number of H-pyrrole nitrogens is 1. The molecule has 1 amide bonds. The molecule has 1 fully saturated rings. The van der Waals surface area contributed by atoms with Gasteiger partial charge in [0.25, 0.3) is 5.91 Å². The summed E-state index contributed by atoms with van der Waals surface area (Å²) in [6.07, 6.45) is 1.59. The molecule has 7 heteroatoms. The minimum absolute atomic E-state index is 0.0190. The predicted molar refractivity (Wildman–Crippen MR) is 109 cm³/mol. The van der Waals surface area contributed by atoms with Crippen molar-refractivity contribution in [1.82, 2.24) is 15.1 Å². The van der Waals surface area contributed by atoms with Gasteiger partial charge in [0.1, 0.15) is 0 Å². The molecule has 0 bridgehead atoms. The summed E-state index contributed by atoms with van der Waals surface area (Å²) in [6.45, 7) is 2.86. The Bertz CT molecular complexity index is 947. The number of piperazine rings is 1. The molecular formula is C20H18Cl2N4O. The fraction of sp³-hybridized carbons (Fsp3) is 0.200. The van der Waals surface area contributed by atoms with Crippen LogP contribution in [0.4, 0.5) is 5.69 Å². The minimum Gasteiger partial charge on any atom is -0.368 e. The van der Waals surface area contributed by atoms with Crippen molar-refractivity contribution in [2.45, 2.75) is 0 Å². The Morgan fingerprint density at radius 3 is 2.41 bits per heavy atom. The van der Waals surface area contributed by atoms with Gasteiger partial charge < -0.3 is 9.80 Å². The van der Waals surface area contributed by atoms with Crippen molar-refractivity contribution in [2.24, 2.45) is 0 Å². The van der Waals surface area contributed by atoms with Gasteiger partial charge >= 0.3 is 0 Å². The molecule has 1 aliphatic heterocycles. The van der Waals surface area contributed by atoms with Crippen molar-refractivity contribution in [3.05, 3.63) is 70.3 Å². The van der Waals surface area contributed by atoms with Crippen LogP contribution in [0.5, 0.6) is 0 Å². The number of halogens is 2. The van der Waals surface area contributed by atoms with Gasteiger partial charge in [0, 0.05) is 47.5 Å². The van der Waals surface area contributed by atoms with Gasteiger partial charge in [-0.15, -0.1) is 0 Å². The topological polar surface area (TPSA) is 52.2 Å². The summed E-state index contributed by atoms with van der Waals surface area (Å²) in [5, 5.41) is 8.35. The number of rotatable bonds is 3. The molecule has 1 N–H and O–H groups in total. The highest BCUT2D eigenvalue weighted by molar-refractivity contribution is 6.31. The van der Waals surface area contributed by atoms with E-state index in [0.29, 0.717) is 29.4 Å². The lowest BCUT2D eigenvalue weighted by molar-refractivity contribution is 0.0747. The Morgan fingerprint density at radius 1 is 0.963 bits per heavy atom. The summed E-state index contributed by atoms with van der Waals surface area (Å²) in [5.41, 5.74) is 3.23. The Balaban J connectivity index is 1.47. The lowest BCUT2D eigenvalue weighted by Crippen LogP contribution is -2.48. The molecule has 0 aliphatic carbocycles. The van der Waals surface area contributed by atoms with Gasteiger partial charge in [-0.2, -0.15) is 5.10 Å². The highest BCUT2D eigenvalue weighted by atomic mass is 35.5. The molecule has 0 spiro atoms. The highest BCUT2D eigenvalue weighted by Gasteiger charge is 2.25. The summed E-state index contributed by atoms with van der Waals surface area (Å²) < 4.78 is 0. The van der Waals surface area contributed by atoms with E-state index in [9.17, 15) is 4.79 Å². The lowest BCUT2D eigenvalue weighted by Gasteiger charge is -2.36. The van der Waals surface area contributed by atoms with Gasteiger partial charge in [0.15, 0.2) is 0 Å². The third kappa shape index (κ3) is 3.80. The molecule has 2 heterocycles. The van der Waals surface area contributed by atoms with Gasteiger partial charge in [0.05, 0.1) is 17.5 Å². The van der Waals surface area contributed by atoms with Gasteiger partial charge in [-0.05, 0) is 36.4 Å². The summed E-state index contributed by atoms with van der Waals surface area (Å²) in [5.74, 6) is -0.0190. The van der Waals surface area contributed by atoms with Crippen LogP contribution in [0.15, 0.2) is 54.7 Å². The number of carbonyl (C=O) groups is 1. The number of hydrogen-bond donors (Lipinski definition) is 1. The second kappa shape index (κ2) is 7.62. The molecule has 5 nitrogen and oxygen atoms in total. The number of nitrogens with one attached hydrogen (secondary N) is 1. The quantitative estimate of drug-likeness (QED) is 0.710. The maximum absolute atomic E-state index is 13.0. The van der Waals surface area contributed by atoms with E-state index in [1.807, 2.05) is 47.4 Å². The standard InChI is InChI=1S/C20H18Cl2N4O/c21-15-4-6-17(7-5-15)25-8-10-26(11-9-25)20(27)18-13-23-24-19(18)14-2-1-3-16(22)12-14/h1-7,12-13H,8-11H2,(H,23,24). The van der Waals surface area contributed by atoms with Crippen LogP contribution in [-0.4, -0.2) is 47.2 Å². The molecule has 1 saturated heterocycles. The first kappa shape index (κ1) is 17.9. The molecule has 0 saturated carbocycles. The Kier molecular flexibility index (Phi) is 5.05. The van der Waals surface area contributed by atoms with Crippen molar-refractivity contribution in [3.63, 3.8) is 0 Å². The van der Waals surface area contributed by atoms with Crippen LogP contribution in [0.2, 0.25) is 10.0 Å². The number of nitrogens with zero attached hydrogens (tertiary/aromatic N) is 3. The van der Waals surface area contributed by atoms with Crippen LogP contribution in [0.1, 0.15) is 10.4 Å². The van der Waals surface area contributed by atoms with Crippen LogP contribution in [0, 0.1) is 0 Å². The third-order valence-electron chi connectivity index (χ3n) is 4.74. The summed E-state index contributed by atoms with van der Waals surface area (Å²) in [7, 11) is 0. The van der Waals surface area contributed by atoms with Crippen molar-refractivity contribution in [2.75, 3.05) is 31.1 Å². The van der Waals surface area contributed by atoms with Crippen LogP contribution in [0.3, 0.4) is 0 Å². The second-order valence-corrected chi connectivity index (χ2v) is 7.30. The number of aromatic nitrogens is 2. The SMILES string of the molecule is O=C(c1cn[nH]c1-c1cccc(Cl)c1)N1CCN(c2ccc(Cl)cc2)CC1. The average Bonchev–Trinajstić information content (AvgIpc) is 3.18. The van der Waals surface area contributed by atoms with Crippen LogP contribution in [-0.2, 0) is 0 Å². The molecule has 2 aromatic carbocycles. The first-order chi connectivity index (χ1) is 13.1. The molecule has 0 radical (unpaired) electrons. The van der Waals surface area contributed by atoms with E-state index >= 15 is 0 Å². The number of carbonyl (C=O) groups excluding carboxylic acids is 1. The molecule has 3 aromatic rings. The van der Waals surface area contributed by atoms with E-state index in [1.165, 1.54) is 0 Å². The molecule has 1 aliphatic rings. The lowest BCUT2D eigenvalue weighted by atomic mass is 10.1. The van der Waals surface area contributed by atoms with Crippen molar-refractivity contribution in [3.8, 4) is 11.3 Å².